The number of allylic oxidation sites excluding steroid dienone is 1. The maximum atomic E-state index is 12.7. The maximum Gasteiger partial charge on any atom is 0.250 e. The fourth-order valence-corrected chi connectivity index (χ4v) is 5.92. The number of piperidine rings is 1. The Morgan fingerprint density at radius 3 is 2.62 bits per heavy atom. The van der Waals surface area contributed by atoms with Crippen LogP contribution < -0.4 is 16.0 Å². The van der Waals surface area contributed by atoms with E-state index >= 15 is 0 Å². The van der Waals surface area contributed by atoms with Gasteiger partial charge in [-0.25, -0.2) is 9.97 Å². The van der Waals surface area contributed by atoms with Gasteiger partial charge in [0.1, 0.15) is 4.83 Å². The molecule has 0 unspecified atom stereocenters. The zero-order valence-corrected chi connectivity index (χ0v) is 19.3. The molecule has 0 radical (unpaired) electrons. The number of carbonyl (C=O) groups is 2. The van der Waals surface area contributed by atoms with Gasteiger partial charge in [0.15, 0.2) is 6.29 Å². The number of nitrogens with zero attached hydrogens (tertiary/aromatic N) is 3. The molecule has 0 bridgehead atoms. The van der Waals surface area contributed by atoms with Gasteiger partial charge in [-0.3, -0.25) is 9.59 Å². The number of anilines is 1. The molecule has 2 fully saturated rings. The van der Waals surface area contributed by atoms with Crippen molar-refractivity contribution in [3.63, 3.8) is 0 Å². The second-order valence-corrected chi connectivity index (χ2v) is 9.89. The van der Waals surface area contributed by atoms with Gasteiger partial charge in [-0.15, -0.1) is 11.3 Å². The summed E-state index contributed by atoms with van der Waals surface area (Å²) in [7, 11) is 0. The van der Waals surface area contributed by atoms with Crippen LogP contribution in [-0.4, -0.2) is 52.3 Å². The van der Waals surface area contributed by atoms with Gasteiger partial charge in [-0.2, -0.15) is 0 Å². The first kappa shape index (κ1) is 21.0. The second kappa shape index (κ2) is 8.03. The summed E-state index contributed by atoms with van der Waals surface area (Å²) in [5.41, 5.74) is 8.19. The number of amides is 1. The summed E-state index contributed by atoms with van der Waals surface area (Å²) in [6, 6.07) is 9.48. The fraction of sp³-hybridized carbons (Fsp3) is 0.280. The Balaban J connectivity index is 1.52. The minimum atomic E-state index is -0.672. The number of thiophene rings is 1. The van der Waals surface area contributed by atoms with Crippen LogP contribution in [0.2, 0.25) is 0 Å². The van der Waals surface area contributed by atoms with Crippen molar-refractivity contribution in [3.8, 4) is 0 Å². The molecule has 5 heterocycles. The normalized spacial score (nSPS) is 18.2. The Labute approximate surface area is 199 Å². The summed E-state index contributed by atoms with van der Waals surface area (Å²) in [5.74, 6) is -0.102. The highest BCUT2D eigenvalue weighted by Crippen LogP contribution is 2.36. The molecule has 2 aliphatic rings. The SMILES string of the molecule is NC(=O)/C(=C(\C=O)c1nc(N2CCC3(CCN3)CC2)nc2ccccc12)c1c[nH]c2sccc12. The summed E-state index contributed by atoms with van der Waals surface area (Å²) in [5, 5.41) is 7.07. The molecule has 4 aromatic rings. The fourth-order valence-electron chi connectivity index (χ4n) is 5.15. The van der Waals surface area contributed by atoms with Gasteiger partial charge in [0.2, 0.25) is 11.9 Å². The highest BCUT2D eigenvalue weighted by molar-refractivity contribution is 7.16. The van der Waals surface area contributed by atoms with E-state index in [1.54, 1.807) is 6.20 Å². The number of primary amides is 1. The number of hydrogen-bond donors (Lipinski definition) is 3. The molecule has 9 heteroatoms. The van der Waals surface area contributed by atoms with Crippen molar-refractivity contribution >= 4 is 61.7 Å². The Hall–Kier alpha value is -3.56. The van der Waals surface area contributed by atoms with Gasteiger partial charge in [0.05, 0.1) is 22.4 Å². The molecule has 1 aromatic carbocycles. The Kier molecular flexibility index (Phi) is 4.96. The summed E-state index contributed by atoms with van der Waals surface area (Å²) in [6.07, 6.45) is 5.68. The molecule has 1 amide bonds. The van der Waals surface area contributed by atoms with Crippen LogP contribution in [0.1, 0.15) is 30.5 Å². The van der Waals surface area contributed by atoms with Crippen LogP contribution in [0.4, 0.5) is 5.95 Å². The third-order valence-electron chi connectivity index (χ3n) is 7.16. The van der Waals surface area contributed by atoms with Crippen molar-refractivity contribution in [2.75, 3.05) is 24.5 Å². The maximum absolute atomic E-state index is 12.7. The smallest absolute Gasteiger partial charge is 0.250 e. The second-order valence-electron chi connectivity index (χ2n) is 8.97. The molecule has 4 N–H and O–H groups in total. The van der Waals surface area contributed by atoms with Gasteiger partial charge in [-0.1, -0.05) is 18.2 Å². The van der Waals surface area contributed by atoms with Crippen LogP contribution in [-0.2, 0) is 9.59 Å². The lowest BCUT2D eigenvalue weighted by Gasteiger charge is -2.48. The number of carbonyl (C=O) groups excluding carboxylic acids is 2. The number of fused-ring (bicyclic) bond motifs is 2. The van der Waals surface area contributed by atoms with E-state index in [1.165, 1.54) is 17.8 Å². The Morgan fingerprint density at radius 1 is 1.12 bits per heavy atom. The van der Waals surface area contributed by atoms with Crippen LogP contribution in [0.15, 0.2) is 41.9 Å². The average Bonchev–Trinajstić information content (AvgIpc) is 3.45. The molecule has 2 aliphatic heterocycles. The summed E-state index contributed by atoms with van der Waals surface area (Å²) in [4.78, 5) is 41.2. The predicted octanol–water partition coefficient (Wildman–Crippen LogP) is 3.10. The number of rotatable bonds is 5. The van der Waals surface area contributed by atoms with E-state index in [2.05, 4.69) is 15.2 Å². The standard InChI is InChI=1S/C25H24N6O2S/c26-22(33)20(17-13-27-23-15(17)5-12-34-23)18(14-32)21-16-3-1-2-4-19(16)29-24(30-21)31-10-7-25(8-11-31)6-9-28-25/h1-5,12-14,27-28H,6-11H2,(H2,26,33)/b20-18+. The predicted molar refractivity (Wildman–Crippen MR) is 135 cm³/mol. The lowest BCUT2D eigenvalue weighted by atomic mass is 9.79. The summed E-state index contributed by atoms with van der Waals surface area (Å²) < 4.78 is 0. The molecule has 172 valence electrons. The van der Waals surface area contributed by atoms with Crippen LogP contribution in [0, 0.1) is 0 Å². The zero-order valence-electron chi connectivity index (χ0n) is 18.5. The molecule has 2 saturated heterocycles. The summed E-state index contributed by atoms with van der Waals surface area (Å²) in [6.45, 7) is 2.75. The molecule has 3 aromatic heterocycles. The van der Waals surface area contributed by atoms with E-state index in [4.69, 9.17) is 15.7 Å². The first-order chi connectivity index (χ1) is 16.6. The van der Waals surface area contributed by atoms with Gasteiger partial charge in [-0.05, 0) is 43.3 Å². The van der Waals surface area contributed by atoms with Crippen molar-refractivity contribution in [2.45, 2.75) is 24.8 Å². The van der Waals surface area contributed by atoms with E-state index in [9.17, 15) is 9.59 Å². The third-order valence-corrected chi connectivity index (χ3v) is 8.01. The number of hydrogen-bond acceptors (Lipinski definition) is 7. The largest absolute Gasteiger partial charge is 0.366 e. The number of aldehydes is 1. The van der Waals surface area contributed by atoms with Gasteiger partial charge in [0, 0.05) is 41.2 Å². The Bertz CT molecular complexity index is 1450. The lowest BCUT2D eigenvalue weighted by Crippen LogP contribution is -2.62. The topological polar surface area (TPSA) is 117 Å². The van der Waals surface area contributed by atoms with Crippen LogP contribution in [0.5, 0.6) is 0 Å². The number of nitrogens with two attached hydrogens (primary N) is 1. The van der Waals surface area contributed by atoms with Crippen molar-refractivity contribution in [1.29, 1.82) is 0 Å². The molecule has 34 heavy (non-hydrogen) atoms. The molecule has 0 aliphatic carbocycles. The minimum Gasteiger partial charge on any atom is -0.366 e. The molecular weight excluding hydrogens is 448 g/mol. The molecule has 6 rings (SSSR count). The quantitative estimate of drug-likeness (QED) is 0.304. The van der Waals surface area contributed by atoms with Gasteiger partial charge >= 0.3 is 0 Å². The van der Waals surface area contributed by atoms with E-state index in [1.807, 2.05) is 35.7 Å². The van der Waals surface area contributed by atoms with Crippen molar-refractivity contribution in [1.82, 2.24) is 20.3 Å². The van der Waals surface area contributed by atoms with E-state index in [-0.39, 0.29) is 16.7 Å². The Morgan fingerprint density at radius 2 is 1.91 bits per heavy atom. The van der Waals surface area contributed by atoms with Crippen molar-refractivity contribution in [3.05, 3.63) is 53.2 Å². The van der Waals surface area contributed by atoms with Crippen molar-refractivity contribution in [2.24, 2.45) is 5.73 Å². The van der Waals surface area contributed by atoms with Gasteiger partial charge < -0.3 is 20.9 Å². The third kappa shape index (κ3) is 3.31. The van der Waals surface area contributed by atoms with Crippen LogP contribution in [0.25, 0.3) is 32.3 Å². The highest BCUT2D eigenvalue weighted by Gasteiger charge is 2.39. The molecule has 1 spiro atoms. The van der Waals surface area contributed by atoms with E-state index in [0.29, 0.717) is 28.9 Å². The number of aromatic nitrogens is 3. The number of H-pyrrole nitrogens is 1. The van der Waals surface area contributed by atoms with E-state index < -0.39 is 5.91 Å². The highest BCUT2D eigenvalue weighted by atomic mass is 32.1. The van der Waals surface area contributed by atoms with Crippen molar-refractivity contribution < 1.29 is 9.59 Å². The molecular formula is C25H24N6O2S. The first-order valence-corrected chi connectivity index (χ1v) is 12.3. The average molecular weight is 473 g/mol. The van der Waals surface area contributed by atoms with E-state index in [0.717, 1.165) is 48.2 Å². The van der Waals surface area contributed by atoms with Gasteiger partial charge in [0.25, 0.3) is 0 Å². The molecule has 0 saturated carbocycles. The monoisotopic (exact) mass is 472 g/mol. The first-order valence-electron chi connectivity index (χ1n) is 11.4. The lowest BCUT2D eigenvalue weighted by molar-refractivity contribution is -0.113. The summed E-state index contributed by atoms with van der Waals surface area (Å²) >= 11 is 1.53. The van der Waals surface area contributed by atoms with Crippen LogP contribution in [0.3, 0.4) is 0 Å². The zero-order chi connectivity index (χ0) is 23.3. The molecule has 0 atom stereocenters. The number of para-hydroxylation sites is 1. The number of nitrogens with one attached hydrogen (secondary N) is 2. The number of aromatic amines is 1. The number of benzene rings is 1. The van der Waals surface area contributed by atoms with Crippen LogP contribution >= 0.6 is 11.3 Å². The minimum absolute atomic E-state index is 0.158. The molecule has 8 nitrogen and oxygen atoms in total.